The first kappa shape index (κ1) is 23.8. The number of hydrogen-bond donors (Lipinski definition) is 1. The quantitative estimate of drug-likeness (QED) is 0.246. The third kappa shape index (κ3) is 4.17. The minimum Gasteiger partial charge on any atom is -0.507 e. The molecule has 4 rings (SSSR count). The number of esters is 2. The number of nitrogens with zero attached hydrogens (tertiary/aromatic N) is 3. The topological polar surface area (TPSA) is 136 Å². The number of anilines is 1. The van der Waals surface area contributed by atoms with Gasteiger partial charge in [-0.05, 0) is 36.8 Å². The maximum Gasteiger partial charge on any atom is 0.350 e. The summed E-state index contributed by atoms with van der Waals surface area (Å²) in [5.74, 6) is -3.42. The van der Waals surface area contributed by atoms with Crippen molar-refractivity contribution in [3.8, 4) is 0 Å². The lowest BCUT2D eigenvalue weighted by Crippen LogP contribution is -2.29. The van der Waals surface area contributed by atoms with Gasteiger partial charge in [-0.25, -0.2) is 14.6 Å². The number of aromatic nitrogens is 2. The van der Waals surface area contributed by atoms with Crippen molar-refractivity contribution in [2.24, 2.45) is 0 Å². The van der Waals surface area contributed by atoms with Gasteiger partial charge in [-0.1, -0.05) is 23.5 Å². The molecule has 1 N–H and O–H groups in total. The number of aliphatic hydroxyl groups excluding tert-OH is 1. The van der Waals surface area contributed by atoms with Gasteiger partial charge in [-0.2, -0.15) is 0 Å². The van der Waals surface area contributed by atoms with Crippen LogP contribution in [0.5, 0.6) is 0 Å². The third-order valence-electron chi connectivity index (χ3n) is 5.41. The minimum atomic E-state index is -1.08. The van der Waals surface area contributed by atoms with Crippen molar-refractivity contribution in [2.75, 3.05) is 19.1 Å². The molecule has 1 unspecified atom stereocenters. The van der Waals surface area contributed by atoms with E-state index in [1.165, 1.54) is 50.9 Å². The van der Waals surface area contributed by atoms with Gasteiger partial charge in [-0.15, -0.1) is 0 Å². The Balaban J connectivity index is 1.92. The summed E-state index contributed by atoms with van der Waals surface area (Å²) in [7, 11) is 2.48. The molecule has 1 fully saturated rings. The smallest absolute Gasteiger partial charge is 0.350 e. The van der Waals surface area contributed by atoms with Crippen LogP contribution in [0.15, 0.2) is 54.4 Å². The number of amides is 1. The standard InChI is InChI=1S/C24H19N3O7S/c1-12-20(23(32)34-3)35-24(26-12)27-17(13-4-6-15(7-5-13)22(31)33-2)16(19(29)21(27)30)18(28)14-8-10-25-11-9-14/h4-11,17,28H,1-3H3/b18-16+. The van der Waals surface area contributed by atoms with Crippen molar-refractivity contribution in [3.05, 3.63) is 81.6 Å². The van der Waals surface area contributed by atoms with Gasteiger partial charge in [0.05, 0.1) is 37.1 Å². The molecule has 1 aliphatic heterocycles. The number of Topliss-reactive ketones (excluding diaryl/α,β-unsaturated/α-hetero) is 1. The maximum absolute atomic E-state index is 13.2. The van der Waals surface area contributed by atoms with E-state index >= 15 is 0 Å². The summed E-state index contributed by atoms with van der Waals surface area (Å²) >= 11 is 0.894. The van der Waals surface area contributed by atoms with Crippen molar-refractivity contribution in [3.63, 3.8) is 0 Å². The number of hydrogen-bond acceptors (Lipinski definition) is 10. The molecular weight excluding hydrogens is 474 g/mol. The largest absolute Gasteiger partial charge is 0.507 e. The van der Waals surface area contributed by atoms with Gasteiger partial charge in [0.25, 0.3) is 5.78 Å². The highest BCUT2D eigenvalue weighted by Gasteiger charge is 2.48. The predicted octanol–water partition coefficient (Wildman–Crippen LogP) is 3.05. The Morgan fingerprint density at radius 2 is 1.60 bits per heavy atom. The molecule has 1 aliphatic rings. The molecule has 3 heterocycles. The Kier molecular flexibility index (Phi) is 6.43. The first-order valence-corrected chi connectivity index (χ1v) is 11.1. The maximum atomic E-state index is 13.2. The fraction of sp³-hybridized carbons (Fsp3) is 0.167. The molecule has 35 heavy (non-hydrogen) atoms. The highest BCUT2D eigenvalue weighted by Crippen LogP contribution is 2.43. The molecule has 0 spiro atoms. The second-order valence-electron chi connectivity index (χ2n) is 7.42. The van der Waals surface area contributed by atoms with Gasteiger partial charge in [0.2, 0.25) is 0 Å². The Morgan fingerprint density at radius 1 is 0.971 bits per heavy atom. The lowest BCUT2D eigenvalue weighted by atomic mass is 9.95. The molecule has 3 aromatic rings. The molecule has 2 aromatic heterocycles. The zero-order chi connectivity index (χ0) is 25.3. The first-order chi connectivity index (χ1) is 16.8. The summed E-state index contributed by atoms with van der Waals surface area (Å²) in [6.07, 6.45) is 2.89. The summed E-state index contributed by atoms with van der Waals surface area (Å²) < 4.78 is 9.51. The lowest BCUT2D eigenvalue weighted by Gasteiger charge is -2.23. The number of aryl methyl sites for hydroxylation is 1. The van der Waals surface area contributed by atoms with Crippen molar-refractivity contribution >= 4 is 45.9 Å². The van der Waals surface area contributed by atoms with Crippen molar-refractivity contribution in [1.29, 1.82) is 0 Å². The normalized spacial score (nSPS) is 16.9. The fourth-order valence-corrected chi connectivity index (χ4v) is 4.71. The number of rotatable bonds is 5. The lowest BCUT2D eigenvalue weighted by molar-refractivity contribution is -0.132. The van der Waals surface area contributed by atoms with Crippen LogP contribution in [0.4, 0.5) is 5.13 Å². The summed E-state index contributed by atoms with van der Waals surface area (Å²) in [5.41, 5.74) is 1.15. The molecule has 178 valence electrons. The summed E-state index contributed by atoms with van der Waals surface area (Å²) in [4.78, 5) is 59.9. The van der Waals surface area contributed by atoms with E-state index in [1.807, 2.05) is 0 Å². The Bertz CT molecular complexity index is 1360. The molecule has 11 heteroatoms. The SMILES string of the molecule is COC(=O)c1ccc(C2/C(=C(\O)c3ccncc3)C(=O)C(=O)N2c2nc(C)c(C(=O)OC)s2)cc1. The van der Waals surface area contributed by atoms with Crippen LogP contribution in [-0.4, -0.2) is 52.9 Å². The van der Waals surface area contributed by atoms with Gasteiger partial charge in [0, 0.05) is 18.0 Å². The van der Waals surface area contributed by atoms with Crippen LogP contribution in [-0.2, 0) is 19.1 Å². The van der Waals surface area contributed by atoms with Crippen LogP contribution >= 0.6 is 11.3 Å². The number of thiazole rings is 1. The predicted molar refractivity (Wildman–Crippen MR) is 125 cm³/mol. The van der Waals surface area contributed by atoms with E-state index in [0.29, 0.717) is 16.8 Å². The average molecular weight is 493 g/mol. The summed E-state index contributed by atoms with van der Waals surface area (Å²) in [5, 5.41) is 11.1. The van der Waals surface area contributed by atoms with Crippen molar-refractivity contribution in [1.82, 2.24) is 9.97 Å². The second kappa shape index (κ2) is 9.47. The summed E-state index contributed by atoms with van der Waals surface area (Å²) in [6.45, 7) is 1.58. The van der Waals surface area contributed by atoms with E-state index in [1.54, 1.807) is 19.1 Å². The number of ketones is 1. The zero-order valence-corrected chi connectivity index (χ0v) is 19.7. The highest BCUT2D eigenvalue weighted by molar-refractivity contribution is 7.17. The minimum absolute atomic E-state index is 0.0841. The number of pyridine rings is 1. The van der Waals surface area contributed by atoms with Crippen LogP contribution in [0.1, 0.15) is 42.9 Å². The number of ether oxygens (including phenoxy) is 2. The van der Waals surface area contributed by atoms with Crippen LogP contribution in [0, 0.1) is 6.92 Å². The fourth-order valence-electron chi connectivity index (χ4n) is 3.70. The Morgan fingerprint density at radius 3 is 2.20 bits per heavy atom. The molecule has 1 amide bonds. The summed E-state index contributed by atoms with van der Waals surface area (Å²) in [6, 6.07) is 8.01. The molecule has 0 saturated carbocycles. The first-order valence-electron chi connectivity index (χ1n) is 10.2. The third-order valence-corrected chi connectivity index (χ3v) is 6.54. The molecule has 0 bridgehead atoms. The number of benzene rings is 1. The highest BCUT2D eigenvalue weighted by atomic mass is 32.1. The van der Waals surface area contributed by atoms with Crippen LogP contribution in [0.2, 0.25) is 0 Å². The molecule has 0 aliphatic carbocycles. The van der Waals surface area contributed by atoms with E-state index in [9.17, 15) is 24.3 Å². The average Bonchev–Trinajstić information content (AvgIpc) is 3.39. The van der Waals surface area contributed by atoms with Crippen LogP contribution < -0.4 is 4.90 Å². The molecule has 10 nitrogen and oxygen atoms in total. The van der Waals surface area contributed by atoms with Crippen molar-refractivity contribution in [2.45, 2.75) is 13.0 Å². The zero-order valence-electron chi connectivity index (χ0n) is 18.8. The molecule has 1 saturated heterocycles. The molecular formula is C24H19N3O7S. The van der Waals surface area contributed by atoms with E-state index in [0.717, 1.165) is 16.2 Å². The van der Waals surface area contributed by atoms with E-state index < -0.39 is 35.4 Å². The molecule has 1 atom stereocenters. The molecule has 1 aromatic carbocycles. The van der Waals surface area contributed by atoms with Crippen LogP contribution in [0.25, 0.3) is 5.76 Å². The second-order valence-corrected chi connectivity index (χ2v) is 8.40. The number of methoxy groups -OCH3 is 2. The van der Waals surface area contributed by atoms with Gasteiger partial charge in [0.15, 0.2) is 5.13 Å². The number of aliphatic hydroxyl groups is 1. The van der Waals surface area contributed by atoms with Gasteiger partial charge < -0.3 is 14.6 Å². The number of carbonyl (C=O) groups excluding carboxylic acids is 4. The van der Waals surface area contributed by atoms with Crippen LogP contribution in [0.3, 0.4) is 0 Å². The van der Waals surface area contributed by atoms with Gasteiger partial charge in [0.1, 0.15) is 10.6 Å². The van der Waals surface area contributed by atoms with E-state index in [4.69, 9.17) is 9.47 Å². The Hall–Kier alpha value is -4.38. The Labute approximate surface area is 203 Å². The monoisotopic (exact) mass is 493 g/mol. The van der Waals surface area contributed by atoms with Gasteiger partial charge in [-0.3, -0.25) is 19.5 Å². The van der Waals surface area contributed by atoms with Gasteiger partial charge >= 0.3 is 17.8 Å². The van der Waals surface area contributed by atoms with E-state index in [2.05, 4.69) is 9.97 Å². The molecule has 0 radical (unpaired) electrons. The van der Waals surface area contributed by atoms with E-state index in [-0.39, 0.29) is 21.1 Å². The number of carbonyl (C=O) groups is 4. The van der Waals surface area contributed by atoms with Crippen molar-refractivity contribution < 1.29 is 33.8 Å².